The lowest BCUT2D eigenvalue weighted by atomic mass is 10.3. The Morgan fingerprint density at radius 2 is 2.18 bits per heavy atom. The summed E-state index contributed by atoms with van der Waals surface area (Å²) in [5.41, 5.74) is 1.07. The van der Waals surface area contributed by atoms with E-state index >= 15 is 0 Å². The fraction of sp³-hybridized carbons (Fsp3) is 0. The number of para-hydroxylation sites is 1. The third kappa shape index (κ3) is 1.32. The average molecular weight is 276 g/mol. The van der Waals surface area contributed by atoms with Crippen LogP contribution in [0, 0.1) is 0 Å². The van der Waals surface area contributed by atoms with E-state index in [9.17, 15) is 0 Å². The zero-order valence-corrected chi connectivity index (χ0v) is 8.52. The third-order valence-electron chi connectivity index (χ3n) is 1.37. The van der Waals surface area contributed by atoms with Gasteiger partial charge in [0.05, 0.1) is 33.1 Å². The molecule has 0 saturated carbocycles. The van der Waals surface area contributed by atoms with Gasteiger partial charge < -0.3 is 3.53 Å². The smallest absolute Gasteiger partial charge is 0.192 e. The third-order valence-corrected chi connectivity index (χ3v) is 3.20. The van der Waals surface area contributed by atoms with Gasteiger partial charge in [0.1, 0.15) is 0 Å². The topological polar surface area (TPSA) is 24.9 Å². The molecule has 0 atom stereocenters. The molecular formula is C7H5IN2S. The van der Waals surface area contributed by atoms with E-state index in [1.807, 2.05) is 18.2 Å². The lowest BCUT2D eigenvalue weighted by Gasteiger charge is -1.82. The summed E-state index contributed by atoms with van der Waals surface area (Å²) in [5, 5.41) is 0.965. The first kappa shape index (κ1) is 7.30. The van der Waals surface area contributed by atoms with Gasteiger partial charge in [0, 0.05) is 0 Å². The Morgan fingerprint density at radius 3 is 2.91 bits per heavy atom. The molecule has 0 unspecified atom stereocenters. The molecule has 1 aromatic heterocycles. The molecule has 11 heavy (non-hydrogen) atoms. The number of nitrogens with zero attached hydrogens (tertiary/aromatic N) is 1. The number of halogens is 1. The zero-order chi connectivity index (χ0) is 7.68. The second-order valence-corrected chi connectivity index (χ2v) is 3.65. The van der Waals surface area contributed by atoms with Crippen molar-refractivity contribution in [1.82, 2.24) is 4.98 Å². The minimum absolute atomic E-state index is 0.965. The van der Waals surface area contributed by atoms with Gasteiger partial charge in [0.15, 0.2) is 5.13 Å². The van der Waals surface area contributed by atoms with E-state index in [0.717, 1.165) is 10.6 Å². The predicted molar refractivity (Wildman–Crippen MR) is 57.3 cm³/mol. The van der Waals surface area contributed by atoms with Gasteiger partial charge in [-0.2, -0.15) is 0 Å². The summed E-state index contributed by atoms with van der Waals surface area (Å²) < 4.78 is 4.22. The van der Waals surface area contributed by atoms with E-state index in [4.69, 9.17) is 0 Å². The van der Waals surface area contributed by atoms with Crippen molar-refractivity contribution >= 4 is 49.5 Å². The molecule has 0 fully saturated rings. The fourth-order valence-electron chi connectivity index (χ4n) is 0.913. The van der Waals surface area contributed by atoms with Crippen LogP contribution in [0.4, 0.5) is 5.13 Å². The fourth-order valence-corrected chi connectivity index (χ4v) is 2.12. The Hall–Kier alpha value is -0.360. The standard InChI is InChI=1S/C7H5IN2S/c8-10-7-9-5-3-1-2-4-6(5)11-7/h1-4H,(H,9,10). The maximum atomic E-state index is 4.33. The second-order valence-electron chi connectivity index (χ2n) is 2.08. The van der Waals surface area contributed by atoms with Crippen molar-refractivity contribution in [3.63, 3.8) is 0 Å². The van der Waals surface area contributed by atoms with Crippen LogP contribution in [0.3, 0.4) is 0 Å². The Balaban J connectivity index is 2.69. The first-order valence-electron chi connectivity index (χ1n) is 3.12. The molecular weight excluding hydrogens is 271 g/mol. The molecule has 56 valence electrons. The molecule has 1 heterocycles. The minimum Gasteiger partial charge on any atom is -0.304 e. The van der Waals surface area contributed by atoms with Crippen LogP contribution in [0.2, 0.25) is 0 Å². The molecule has 0 aliphatic carbocycles. The zero-order valence-electron chi connectivity index (χ0n) is 5.54. The number of hydrogen-bond donors (Lipinski definition) is 1. The maximum Gasteiger partial charge on any atom is 0.192 e. The van der Waals surface area contributed by atoms with Crippen LogP contribution in [0.15, 0.2) is 24.3 Å². The molecule has 0 radical (unpaired) electrons. The molecule has 0 aliphatic heterocycles. The van der Waals surface area contributed by atoms with Crippen LogP contribution < -0.4 is 3.53 Å². The number of aromatic nitrogens is 1. The summed E-state index contributed by atoms with van der Waals surface area (Å²) in [4.78, 5) is 4.33. The highest BCUT2D eigenvalue weighted by Gasteiger charge is 1.99. The number of benzene rings is 1. The Kier molecular flexibility index (Phi) is 1.95. The number of hydrogen-bond acceptors (Lipinski definition) is 3. The number of anilines is 1. The van der Waals surface area contributed by atoms with Gasteiger partial charge in [0.25, 0.3) is 0 Å². The molecule has 0 bridgehead atoms. The van der Waals surface area contributed by atoms with Crippen molar-refractivity contribution in [2.75, 3.05) is 3.53 Å². The molecule has 2 aromatic rings. The molecule has 1 aromatic carbocycles. The van der Waals surface area contributed by atoms with Gasteiger partial charge in [-0.25, -0.2) is 4.98 Å². The van der Waals surface area contributed by atoms with E-state index < -0.39 is 0 Å². The second kappa shape index (κ2) is 2.94. The van der Waals surface area contributed by atoms with Crippen LogP contribution in [0.25, 0.3) is 10.2 Å². The van der Waals surface area contributed by atoms with Crippen molar-refractivity contribution < 1.29 is 0 Å². The van der Waals surface area contributed by atoms with E-state index in [-0.39, 0.29) is 0 Å². The van der Waals surface area contributed by atoms with Crippen molar-refractivity contribution in [3.05, 3.63) is 24.3 Å². The highest BCUT2D eigenvalue weighted by molar-refractivity contribution is 14.1. The summed E-state index contributed by atoms with van der Waals surface area (Å²) in [5.74, 6) is 0. The summed E-state index contributed by atoms with van der Waals surface area (Å²) >= 11 is 3.75. The van der Waals surface area contributed by atoms with E-state index in [1.165, 1.54) is 4.70 Å². The summed E-state index contributed by atoms with van der Waals surface area (Å²) in [6.07, 6.45) is 0. The van der Waals surface area contributed by atoms with E-state index in [1.54, 1.807) is 11.3 Å². The van der Waals surface area contributed by atoms with E-state index in [0.29, 0.717) is 0 Å². The quantitative estimate of drug-likeness (QED) is 0.639. The molecule has 0 amide bonds. The van der Waals surface area contributed by atoms with Gasteiger partial charge in [0.2, 0.25) is 0 Å². The highest BCUT2D eigenvalue weighted by atomic mass is 127. The maximum absolute atomic E-state index is 4.33. The SMILES string of the molecule is INc1nc2ccccc2s1. The van der Waals surface area contributed by atoms with Crippen molar-refractivity contribution in [2.24, 2.45) is 0 Å². The number of thiazole rings is 1. The molecule has 0 aliphatic rings. The Bertz CT molecular complexity index is 338. The van der Waals surface area contributed by atoms with Crippen LogP contribution in [0.5, 0.6) is 0 Å². The monoisotopic (exact) mass is 276 g/mol. The molecule has 0 saturated heterocycles. The van der Waals surface area contributed by atoms with Crippen LogP contribution in [0.1, 0.15) is 0 Å². The van der Waals surface area contributed by atoms with Crippen molar-refractivity contribution in [3.8, 4) is 0 Å². The average Bonchev–Trinajstić information content (AvgIpc) is 2.46. The molecule has 2 rings (SSSR count). The first-order valence-corrected chi connectivity index (χ1v) is 5.02. The van der Waals surface area contributed by atoms with Gasteiger partial charge in [-0.3, -0.25) is 0 Å². The van der Waals surface area contributed by atoms with Crippen LogP contribution in [-0.2, 0) is 0 Å². The molecule has 4 heteroatoms. The molecule has 2 nitrogen and oxygen atoms in total. The first-order chi connectivity index (χ1) is 5.40. The lowest BCUT2D eigenvalue weighted by molar-refractivity contribution is 1.50. The molecule has 0 spiro atoms. The van der Waals surface area contributed by atoms with Gasteiger partial charge in [-0.15, -0.1) is 0 Å². The summed E-state index contributed by atoms with van der Waals surface area (Å²) in [6.45, 7) is 0. The Labute approximate surface area is 82.1 Å². The van der Waals surface area contributed by atoms with Crippen molar-refractivity contribution in [1.29, 1.82) is 0 Å². The van der Waals surface area contributed by atoms with Crippen molar-refractivity contribution in [2.45, 2.75) is 0 Å². The largest absolute Gasteiger partial charge is 0.304 e. The summed E-state index contributed by atoms with van der Waals surface area (Å²) in [7, 11) is 0. The van der Waals surface area contributed by atoms with Crippen LogP contribution in [-0.4, -0.2) is 4.98 Å². The number of nitrogens with one attached hydrogen (secondary N) is 1. The van der Waals surface area contributed by atoms with E-state index in [2.05, 4.69) is 37.4 Å². The number of fused-ring (bicyclic) bond motifs is 1. The predicted octanol–water partition coefficient (Wildman–Crippen LogP) is 3.06. The van der Waals surface area contributed by atoms with Gasteiger partial charge >= 0.3 is 0 Å². The van der Waals surface area contributed by atoms with Gasteiger partial charge in [-0.1, -0.05) is 23.5 Å². The molecule has 1 N–H and O–H groups in total. The normalized spacial score (nSPS) is 10.3. The number of rotatable bonds is 1. The lowest BCUT2D eigenvalue weighted by Crippen LogP contribution is -1.73. The Morgan fingerprint density at radius 1 is 1.36 bits per heavy atom. The highest BCUT2D eigenvalue weighted by Crippen LogP contribution is 2.25. The van der Waals surface area contributed by atoms with Crippen LogP contribution >= 0.6 is 34.2 Å². The minimum atomic E-state index is 0.965. The van der Waals surface area contributed by atoms with Gasteiger partial charge in [-0.05, 0) is 12.1 Å². The summed E-state index contributed by atoms with van der Waals surface area (Å²) in [6, 6.07) is 8.12.